The molecular formula is C15H15FN2O3S2. The van der Waals surface area contributed by atoms with E-state index in [1.807, 2.05) is 11.4 Å². The Kier molecular flexibility index (Phi) is 4.45. The van der Waals surface area contributed by atoms with Gasteiger partial charge in [-0.2, -0.15) is 0 Å². The molecule has 0 aliphatic carbocycles. The van der Waals surface area contributed by atoms with Crippen LogP contribution < -0.4 is 0 Å². The van der Waals surface area contributed by atoms with Crippen LogP contribution in [0.5, 0.6) is 0 Å². The molecule has 1 amide bonds. The Morgan fingerprint density at radius 2 is 2.17 bits per heavy atom. The van der Waals surface area contributed by atoms with Crippen molar-refractivity contribution in [2.75, 3.05) is 18.8 Å². The van der Waals surface area contributed by atoms with Crippen molar-refractivity contribution in [3.05, 3.63) is 52.2 Å². The highest BCUT2D eigenvalue weighted by molar-refractivity contribution is 7.91. The smallest absolute Gasteiger partial charge is 0.255 e. The minimum absolute atomic E-state index is 0.0932. The van der Waals surface area contributed by atoms with Crippen LogP contribution in [0.15, 0.2) is 36.0 Å². The molecule has 1 atom stereocenters. The number of rotatable bonds is 2. The normalized spacial score (nSPS) is 20.9. The van der Waals surface area contributed by atoms with Gasteiger partial charge in [-0.15, -0.1) is 11.3 Å². The highest BCUT2D eigenvalue weighted by Gasteiger charge is 2.33. The predicted molar refractivity (Wildman–Crippen MR) is 85.6 cm³/mol. The minimum Gasteiger partial charge on any atom is -0.338 e. The topological polar surface area (TPSA) is 67.3 Å². The first-order chi connectivity index (χ1) is 11.0. The van der Waals surface area contributed by atoms with Crippen LogP contribution in [0.4, 0.5) is 4.39 Å². The first-order valence-electron chi connectivity index (χ1n) is 7.12. The lowest BCUT2D eigenvalue weighted by Crippen LogP contribution is -2.33. The van der Waals surface area contributed by atoms with Crippen molar-refractivity contribution in [3.8, 4) is 0 Å². The number of carbonyl (C=O) groups excluding carboxylic acids is 1. The van der Waals surface area contributed by atoms with E-state index >= 15 is 0 Å². The summed E-state index contributed by atoms with van der Waals surface area (Å²) in [4.78, 5) is 18.4. The standard InChI is InChI=1S/C15H15FN2O3S2/c16-12-8-11(9-17-10-12)15(19)18-4-3-14(13-2-1-6-22-13)23(20,21)7-5-18/h1-2,6,8-10,14H,3-5,7H2. The molecule has 8 heteroatoms. The molecular weight excluding hydrogens is 339 g/mol. The highest BCUT2D eigenvalue weighted by atomic mass is 32.2. The molecule has 2 aromatic heterocycles. The molecule has 1 unspecified atom stereocenters. The van der Waals surface area contributed by atoms with Crippen LogP contribution in [0.1, 0.15) is 26.9 Å². The van der Waals surface area contributed by atoms with E-state index in [4.69, 9.17) is 0 Å². The van der Waals surface area contributed by atoms with Crippen LogP contribution in [0.3, 0.4) is 0 Å². The van der Waals surface area contributed by atoms with E-state index in [9.17, 15) is 17.6 Å². The average molecular weight is 354 g/mol. The third-order valence-corrected chi connectivity index (χ3v) is 7.08. The zero-order valence-electron chi connectivity index (χ0n) is 12.2. The molecule has 3 heterocycles. The summed E-state index contributed by atoms with van der Waals surface area (Å²) < 4.78 is 38.1. The van der Waals surface area contributed by atoms with Crippen molar-refractivity contribution >= 4 is 27.1 Å². The molecule has 3 rings (SSSR count). The summed E-state index contributed by atoms with van der Waals surface area (Å²) in [5.74, 6) is -1.07. The second kappa shape index (κ2) is 6.37. The van der Waals surface area contributed by atoms with Crippen molar-refractivity contribution in [3.63, 3.8) is 0 Å². The molecule has 1 saturated heterocycles. The fourth-order valence-corrected chi connectivity index (χ4v) is 5.66. The molecule has 0 saturated carbocycles. The van der Waals surface area contributed by atoms with E-state index in [1.165, 1.54) is 22.4 Å². The van der Waals surface area contributed by atoms with Crippen LogP contribution in [-0.2, 0) is 9.84 Å². The number of amides is 1. The average Bonchev–Trinajstić information content (AvgIpc) is 2.98. The molecule has 0 N–H and O–H groups in total. The van der Waals surface area contributed by atoms with Gasteiger partial charge >= 0.3 is 0 Å². The van der Waals surface area contributed by atoms with Crippen molar-refractivity contribution < 1.29 is 17.6 Å². The maximum absolute atomic E-state index is 13.2. The van der Waals surface area contributed by atoms with E-state index in [0.717, 1.165) is 17.1 Å². The van der Waals surface area contributed by atoms with E-state index < -0.39 is 20.9 Å². The van der Waals surface area contributed by atoms with Gasteiger partial charge in [0.25, 0.3) is 5.91 Å². The van der Waals surface area contributed by atoms with E-state index in [1.54, 1.807) is 6.07 Å². The third-order valence-electron chi connectivity index (χ3n) is 3.84. The molecule has 0 bridgehead atoms. The second-order valence-electron chi connectivity index (χ2n) is 5.34. The molecule has 2 aromatic rings. The maximum Gasteiger partial charge on any atom is 0.255 e. The third kappa shape index (κ3) is 3.42. The summed E-state index contributed by atoms with van der Waals surface area (Å²) in [7, 11) is -3.31. The Morgan fingerprint density at radius 3 is 2.87 bits per heavy atom. The summed E-state index contributed by atoms with van der Waals surface area (Å²) in [6.45, 7) is 0.427. The van der Waals surface area contributed by atoms with Gasteiger partial charge < -0.3 is 4.90 Å². The molecule has 0 spiro atoms. The molecule has 1 fully saturated rings. The van der Waals surface area contributed by atoms with Gasteiger partial charge in [0.2, 0.25) is 0 Å². The van der Waals surface area contributed by atoms with Crippen molar-refractivity contribution in [2.45, 2.75) is 11.7 Å². The van der Waals surface area contributed by atoms with Gasteiger partial charge in [0.05, 0.1) is 22.8 Å². The lowest BCUT2D eigenvalue weighted by molar-refractivity contribution is 0.0765. The molecule has 1 aliphatic heterocycles. The second-order valence-corrected chi connectivity index (χ2v) is 8.63. The number of thiophene rings is 1. The number of pyridine rings is 1. The minimum atomic E-state index is -3.31. The SMILES string of the molecule is O=C(c1cncc(F)c1)N1CCC(c2cccs2)S(=O)(=O)CC1. The Balaban J connectivity index is 1.81. The Hall–Kier alpha value is -1.80. The first kappa shape index (κ1) is 16.1. The summed E-state index contributed by atoms with van der Waals surface area (Å²) in [5, 5.41) is 1.27. The molecule has 0 aromatic carbocycles. The number of carbonyl (C=O) groups is 1. The quantitative estimate of drug-likeness (QED) is 0.830. The fraction of sp³-hybridized carbons (Fsp3) is 0.333. The van der Waals surface area contributed by atoms with E-state index in [2.05, 4.69) is 4.98 Å². The van der Waals surface area contributed by atoms with Gasteiger partial charge in [0, 0.05) is 24.2 Å². The Bertz CT molecular complexity index is 806. The lowest BCUT2D eigenvalue weighted by atomic mass is 10.2. The molecule has 122 valence electrons. The van der Waals surface area contributed by atoms with Gasteiger partial charge in [-0.25, -0.2) is 12.8 Å². The number of hydrogen-bond donors (Lipinski definition) is 0. The van der Waals surface area contributed by atoms with E-state index in [-0.39, 0.29) is 23.8 Å². The Labute approximate surface area is 137 Å². The summed E-state index contributed by atoms with van der Waals surface area (Å²) in [5.41, 5.74) is 0.136. The van der Waals surface area contributed by atoms with Crippen LogP contribution in [0.25, 0.3) is 0 Å². The van der Waals surface area contributed by atoms with Gasteiger partial charge in [-0.05, 0) is 23.9 Å². The summed E-state index contributed by atoms with van der Waals surface area (Å²) in [6, 6.07) is 4.74. The number of halogens is 1. The van der Waals surface area contributed by atoms with Crippen molar-refractivity contribution in [1.82, 2.24) is 9.88 Å². The molecule has 23 heavy (non-hydrogen) atoms. The lowest BCUT2D eigenvalue weighted by Gasteiger charge is -2.19. The number of aromatic nitrogens is 1. The van der Waals surface area contributed by atoms with Crippen molar-refractivity contribution in [1.29, 1.82) is 0 Å². The fourth-order valence-electron chi connectivity index (χ4n) is 2.65. The Morgan fingerprint density at radius 1 is 1.35 bits per heavy atom. The zero-order valence-corrected chi connectivity index (χ0v) is 13.8. The predicted octanol–water partition coefficient (Wildman–Crippen LogP) is 2.28. The van der Waals surface area contributed by atoms with Crippen LogP contribution >= 0.6 is 11.3 Å². The van der Waals surface area contributed by atoms with Crippen molar-refractivity contribution in [2.24, 2.45) is 0 Å². The largest absolute Gasteiger partial charge is 0.338 e. The molecule has 0 radical (unpaired) electrons. The van der Waals surface area contributed by atoms with Crippen LogP contribution in [-0.4, -0.2) is 43.1 Å². The van der Waals surface area contributed by atoms with Gasteiger partial charge in [0.1, 0.15) is 5.82 Å². The number of sulfone groups is 1. The van der Waals surface area contributed by atoms with Gasteiger partial charge in [0.15, 0.2) is 9.84 Å². The monoisotopic (exact) mass is 354 g/mol. The van der Waals surface area contributed by atoms with Crippen LogP contribution in [0, 0.1) is 5.82 Å². The highest BCUT2D eigenvalue weighted by Crippen LogP contribution is 2.32. The zero-order chi connectivity index (χ0) is 16.4. The maximum atomic E-state index is 13.2. The molecule has 1 aliphatic rings. The number of nitrogens with zero attached hydrogens (tertiary/aromatic N) is 2. The van der Waals surface area contributed by atoms with Crippen LogP contribution in [0.2, 0.25) is 0 Å². The van der Waals surface area contributed by atoms with Gasteiger partial charge in [-0.1, -0.05) is 6.07 Å². The van der Waals surface area contributed by atoms with Gasteiger partial charge in [-0.3, -0.25) is 9.78 Å². The summed E-state index contributed by atoms with van der Waals surface area (Å²) >= 11 is 1.41. The number of hydrogen-bond acceptors (Lipinski definition) is 5. The van der Waals surface area contributed by atoms with E-state index in [0.29, 0.717) is 13.0 Å². The summed E-state index contributed by atoms with van der Waals surface area (Å²) in [6.07, 6.45) is 2.66. The molecule has 5 nitrogen and oxygen atoms in total. The first-order valence-corrected chi connectivity index (χ1v) is 9.72.